The number of anilines is 5. The molecule has 32 heavy (non-hydrogen) atoms. The normalized spacial score (nSPS) is 10.0. The number of hydrogen-bond donors (Lipinski definition) is 5. The van der Waals surface area contributed by atoms with E-state index >= 15 is 0 Å². The second-order valence-electron chi connectivity index (χ2n) is 8.18. The summed E-state index contributed by atoms with van der Waals surface area (Å²) in [7, 11) is 0. The van der Waals surface area contributed by atoms with Gasteiger partial charge in [0.05, 0.1) is 28.9 Å². The lowest BCUT2D eigenvalue weighted by molar-refractivity contribution is 0.899. The average molecular weight is 438 g/mol. The highest BCUT2D eigenvalue weighted by atomic mass is 14.9. The number of nitrogens with zero attached hydrogens (tertiary/aromatic N) is 2. The van der Waals surface area contributed by atoms with E-state index in [0.717, 1.165) is 22.7 Å². The molecule has 3 rings (SSSR count). The van der Waals surface area contributed by atoms with Crippen LogP contribution in [-0.2, 0) is 0 Å². The lowest BCUT2D eigenvalue weighted by Crippen LogP contribution is -2.11. The van der Waals surface area contributed by atoms with Gasteiger partial charge in [0.1, 0.15) is 0 Å². The number of benzene rings is 1. The summed E-state index contributed by atoms with van der Waals surface area (Å²) in [6, 6.07) is 14.9. The number of para-hydroxylation sites is 2. The lowest BCUT2D eigenvalue weighted by atomic mass is 10.2. The molecule has 0 atom stereocenters. The standard InChI is InChI=1S/C9H14N2.C8H13N3.C8H12N2/c1-7(2)11-9-6-4-3-5-8(9)10;1-6(2)11-8-3-4-10-5-7(8)9;1-7(2)10-8-3-5-9-6-4-8/h3-7,11H,10H2,1-2H3;3-6H,9H2,1-2H3,(H,10,11);3-7H,1-2H3,(H,9,10). The first-order valence-corrected chi connectivity index (χ1v) is 10.9. The van der Waals surface area contributed by atoms with Crippen molar-refractivity contribution in [1.29, 1.82) is 0 Å². The molecule has 7 heteroatoms. The molecular weight excluding hydrogens is 398 g/mol. The molecule has 0 saturated carbocycles. The number of nitrogens with one attached hydrogen (secondary N) is 3. The Balaban J connectivity index is 0.000000240. The Morgan fingerprint density at radius 2 is 1.09 bits per heavy atom. The van der Waals surface area contributed by atoms with E-state index in [1.807, 2.05) is 42.5 Å². The highest BCUT2D eigenvalue weighted by Crippen LogP contribution is 2.17. The molecule has 0 spiro atoms. The first-order chi connectivity index (χ1) is 15.2. The van der Waals surface area contributed by atoms with Crippen molar-refractivity contribution in [3.05, 3.63) is 67.3 Å². The van der Waals surface area contributed by atoms with Crippen LogP contribution >= 0.6 is 0 Å². The van der Waals surface area contributed by atoms with Crippen molar-refractivity contribution in [3.8, 4) is 0 Å². The van der Waals surface area contributed by atoms with Crippen molar-refractivity contribution in [1.82, 2.24) is 9.97 Å². The molecule has 0 bridgehead atoms. The molecule has 7 N–H and O–H groups in total. The van der Waals surface area contributed by atoms with Gasteiger partial charge in [0.25, 0.3) is 0 Å². The highest BCUT2D eigenvalue weighted by molar-refractivity contribution is 5.66. The van der Waals surface area contributed by atoms with E-state index in [4.69, 9.17) is 11.5 Å². The number of pyridine rings is 2. The van der Waals surface area contributed by atoms with E-state index in [-0.39, 0.29) is 0 Å². The van der Waals surface area contributed by atoms with E-state index in [9.17, 15) is 0 Å². The Morgan fingerprint density at radius 1 is 0.594 bits per heavy atom. The van der Waals surface area contributed by atoms with Crippen LogP contribution in [0.25, 0.3) is 0 Å². The summed E-state index contributed by atoms with van der Waals surface area (Å²) in [4.78, 5) is 7.80. The summed E-state index contributed by atoms with van der Waals surface area (Å²) < 4.78 is 0. The first-order valence-electron chi connectivity index (χ1n) is 10.9. The van der Waals surface area contributed by atoms with Crippen LogP contribution in [0.1, 0.15) is 41.5 Å². The fourth-order valence-corrected chi connectivity index (χ4v) is 2.57. The van der Waals surface area contributed by atoms with Gasteiger partial charge in [-0.2, -0.15) is 0 Å². The minimum absolute atomic E-state index is 0.402. The third kappa shape index (κ3) is 11.6. The van der Waals surface area contributed by atoms with Crippen LogP contribution in [-0.4, -0.2) is 28.1 Å². The molecule has 0 aliphatic rings. The Bertz CT molecular complexity index is 829. The highest BCUT2D eigenvalue weighted by Gasteiger charge is 1.98. The molecule has 3 aromatic rings. The minimum atomic E-state index is 0.402. The number of nitrogens with two attached hydrogens (primary N) is 2. The Hall–Kier alpha value is -3.48. The fourth-order valence-electron chi connectivity index (χ4n) is 2.57. The van der Waals surface area contributed by atoms with Gasteiger partial charge in [-0.05, 0) is 71.9 Å². The molecule has 0 aliphatic heterocycles. The molecule has 0 amide bonds. The quantitative estimate of drug-likeness (QED) is 0.325. The van der Waals surface area contributed by atoms with Crippen LogP contribution in [0, 0.1) is 0 Å². The van der Waals surface area contributed by atoms with Crippen molar-refractivity contribution < 1.29 is 0 Å². The van der Waals surface area contributed by atoms with Gasteiger partial charge in [0.2, 0.25) is 0 Å². The Labute approximate surface area is 193 Å². The fraction of sp³-hybridized carbons (Fsp3) is 0.360. The predicted molar refractivity (Wildman–Crippen MR) is 140 cm³/mol. The molecule has 7 nitrogen and oxygen atoms in total. The Morgan fingerprint density at radius 3 is 1.59 bits per heavy atom. The largest absolute Gasteiger partial charge is 0.397 e. The predicted octanol–water partition coefficient (Wildman–Crippen LogP) is 5.48. The van der Waals surface area contributed by atoms with E-state index in [1.54, 1.807) is 24.8 Å². The molecule has 0 fully saturated rings. The van der Waals surface area contributed by atoms with E-state index in [2.05, 4.69) is 67.5 Å². The van der Waals surface area contributed by atoms with Crippen LogP contribution in [0.4, 0.5) is 28.4 Å². The van der Waals surface area contributed by atoms with Gasteiger partial charge in [0.15, 0.2) is 0 Å². The number of nitrogen functional groups attached to an aromatic ring is 2. The van der Waals surface area contributed by atoms with E-state index < -0.39 is 0 Å². The monoisotopic (exact) mass is 437 g/mol. The molecule has 174 valence electrons. The maximum Gasteiger partial charge on any atom is 0.0736 e. The van der Waals surface area contributed by atoms with Gasteiger partial charge < -0.3 is 27.4 Å². The topological polar surface area (TPSA) is 114 Å². The average Bonchev–Trinajstić information content (AvgIpc) is 2.72. The van der Waals surface area contributed by atoms with Crippen molar-refractivity contribution in [2.75, 3.05) is 27.4 Å². The molecule has 0 saturated heterocycles. The lowest BCUT2D eigenvalue weighted by Gasteiger charge is -2.11. The molecule has 0 unspecified atom stereocenters. The zero-order chi connectivity index (χ0) is 23.9. The van der Waals surface area contributed by atoms with Crippen LogP contribution in [0.3, 0.4) is 0 Å². The van der Waals surface area contributed by atoms with Gasteiger partial charge >= 0.3 is 0 Å². The van der Waals surface area contributed by atoms with Crippen LogP contribution in [0.15, 0.2) is 67.3 Å². The molecule has 1 aromatic carbocycles. The van der Waals surface area contributed by atoms with Crippen molar-refractivity contribution in [2.45, 2.75) is 59.7 Å². The summed E-state index contributed by atoms with van der Waals surface area (Å²) in [5.74, 6) is 0. The summed E-state index contributed by atoms with van der Waals surface area (Å²) in [6.45, 7) is 12.5. The number of rotatable bonds is 6. The second-order valence-corrected chi connectivity index (χ2v) is 8.18. The first kappa shape index (κ1) is 26.6. The number of hydrogen-bond acceptors (Lipinski definition) is 7. The molecule has 0 aliphatic carbocycles. The van der Waals surface area contributed by atoms with Gasteiger partial charge in [0, 0.05) is 42.4 Å². The van der Waals surface area contributed by atoms with Crippen molar-refractivity contribution >= 4 is 28.4 Å². The number of aromatic nitrogens is 2. The zero-order valence-corrected chi connectivity index (χ0v) is 20.1. The Kier molecular flexibility index (Phi) is 12.0. The van der Waals surface area contributed by atoms with Crippen LogP contribution < -0.4 is 27.4 Å². The van der Waals surface area contributed by atoms with Gasteiger partial charge in [-0.3, -0.25) is 9.97 Å². The summed E-state index contributed by atoms with van der Waals surface area (Å²) in [6.07, 6.45) is 6.93. The minimum Gasteiger partial charge on any atom is -0.397 e. The molecular formula is C25H39N7. The van der Waals surface area contributed by atoms with Gasteiger partial charge in [-0.1, -0.05) is 12.1 Å². The summed E-state index contributed by atoms with van der Waals surface area (Å²) in [5.41, 5.74) is 16.0. The third-order valence-electron chi connectivity index (χ3n) is 3.84. The van der Waals surface area contributed by atoms with Crippen molar-refractivity contribution in [3.63, 3.8) is 0 Å². The van der Waals surface area contributed by atoms with Crippen molar-refractivity contribution in [2.24, 2.45) is 0 Å². The smallest absolute Gasteiger partial charge is 0.0736 e. The molecule has 0 radical (unpaired) electrons. The molecule has 2 aromatic heterocycles. The summed E-state index contributed by atoms with van der Waals surface area (Å²) in [5, 5.41) is 9.72. The second kappa shape index (κ2) is 14.5. The zero-order valence-electron chi connectivity index (χ0n) is 20.1. The SMILES string of the molecule is CC(C)Nc1ccccc1N.CC(C)Nc1ccncc1.CC(C)Nc1ccncc1N. The van der Waals surface area contributed by atoms with Crippen LogP contribution in [0.5, 0.6) is 0 Å². The maximum atomic E-state index is 5.71. The van der Waals surface area contributed by atoms with Gasteiger partial charge in [-0.15, -0.1) is 0 Å². The molecule has 2 heterocycles. The van der Waals surface area contributed by atoms with Gasteiger partial charge in [-0.25, -0.2) is 0 Å². The summed E-state index contributed by atoms with van der Waals surface area (Å²) >= 11 is 0. The van der Waals surface area contributed by atoms with Crippen LogP contribution in [0.2, 0.25) is 0 Å². The van der Waals surface area contributed by atoms with E-state index in [0.29, 0.717) is 23.8 Å². The third-order valence-corrected chi connectivity index (χ3v) is 3.84. The maximum absolute atomic E-state index is 5.71. The van der Waals surface area contributed by atoms with E-state index in [1.165, 1.54) is 0 Å².